The molecule has 4 aliphatic heterocycles. The van der Waals surface area contributed by atoms with Crippen LogP contribution in [0.4, 0.5) is 0 Å². The maximum absolute atomic E-state index is 12.8. The van der Waals surface area contributed by atoms with Crippen molar-refractivity contribution in [2.75, 3.05) is 13.2 Å². The molecule has 2 bridgehead atoms. The zero-order valence-electron chi connectivity index (χ0n) is 15.1. The van der Waals surface area contributed by atoms with Crippen LogP contribution in [0.1, 0.15) is 39.5 Å². The SMILES string of the molecule is C[C@@]12CC[C@@H]3C(=C[C@H]4OC(=O)[C@]5(C)[C@H]4[C@]34CC[C@]5(O)OC4)[C@@H]1OCC2=O. The molecule has 1 spiro atoms. The van der Waals surface area contributed by atoms with Gasteiger partial charge in [0.25, 0.3) is 0 Å². The molecule has 0 aromatic rings. The Hall–Kier alpha value is -1.24. The first-order valence-corrected chi connectivity index (χ1v) is 9.70. The molecule has 0 unspecified atom stereocenters. The van der Waals surface area contributed by atoms with Crippen molar-refractivity contribution in [2.24, 2.45) is 28.1 Å². The molecule has 1 N–H and O–H groups in total. The van der Waals surface area contributed by atoms with Crippen molar-refractivity contribution >= 4 is 11.8 Å². The summed E-state index contributed by atoms with van der Waals surface area (Å²) < 4.78 is 17.7. The number of carbonyl (C=O) groups is 2. The fourth-order valence-electron chi connectivity index (χ4n) is 7.35. The highest BCUT2D eigenvalue weighted by Crippen LogP contribution is 2.72. The van der Waals surface area contributed by atoms with Crippen LogP contribution >= 0.6 is 0 Å². The number of esters is 1. The Labute approximate surface area is 151 Å². The summed E-state index contributed by atoms with van der Waals surface area (Å²) in [6.45, 7) is 4.43. The third kappa shape index (κ3) is 1.37. The summed E-state index contributed by atoms with van der Waals surface area (Å²) in [5.41, 5.74) is -0.596. The first-order valence-electron chi connectivity index (χ1n) is 9.70. The second-order valence-corrected chi connectivity index (χ2v) is 9.65. The lowest BCUT2D eigenvalue weighted by molar-refractivity contribution is -0.367. The number of ketones is 1. The van der Waals surface area contributed by atoms with E-state index in [1.54, 1.807) is 0 Å². The summed E-state index contributed by atoms with van der Waals surface area (Å²) in [5, 5.41) is 11.1. The maximum atomic E-state index is 12.8. The third-order valence-electron chi connectivity index (χ3n) is 8.86. The van der Waals surface area contributed by atoms with Crippen LogP contribution in [0.3, 0.4) is 0 Å². The molecule has 7 aliphatic rings. The number of ether oxygens (including phenoxy) is 3. The lowest BCUT2D eigenvalue weighted by Crippen LogP contribution is -2.72. The standard InChI is InChI=1S/C20H24O6/c1-17-4-3-11-10(15(17)24-8-13(17)21)7-12-14-18(2,16(22)26-12)20(23)6-5-19(11,14)9-25-20/h7,11-12,14-15,23H,3-6,8-9H2,1-2H3/t11-,12-,14+,15+,17+,18+,19+,20+/m1/s1. The molecule has 6 fully saturated rings. The van der Waals surface area contributed by atoms with E-state index >= 15 is 0 Å². The Balaban J connectivity index is 1.55. The molecule has 0 aromatic heterocycles. The van der Waals surface area contributed by atoms with Gasteiger partial charge in [0.2, 0.25) is 0 Å². The minimum absolute atomic E-state index is 0.0785. The molecule has 2 saturated carbocycles. The summed E-state index contributed by atoms with van der Waals surface area (Å²) in [4.78, 5) is 25.3. The topological polar surface area (TPSA) is 82.1 Å². The maximum Gasteiger partial charge on any atom is 0.318 e. The van der Waals surface area contributed by atoms with E-state index in [-0.39, 0.29) is 47.8 Å². The van der Waals surface area contributed by atoms with Gasteiger partial charge in [-0.1, -0.05) is 0 Å². The van der Waals surface area contributed by atoms with Crippen LogP contribution in [0.15, 0.2) is 11.6 Å². The van der Waals surface area contributed by atoms with Crippen molar-refractivity contribution in [1.82, 2.24) is 0 Å². The number of carbonyl (C=O) groups excluding carboxylic acids is 2. The van der Waals surface area contributed by atoms with E-state index in [9.17, 15) is 14.7 Å². The van der Waals surface area contributed by atoms with Gasteiger partial charge in [-0.15, -0.1) is 0 Å². The fourth-order valence-corrected chi connectivity index (χ4v) is 7.35. The van der Waals surface area contributed by atoms with E-state index in [1.165, 1.54) is 0 Å². The van der Waals surface area contributed by atoms with Crippen LogP contribution in [0, 0.1) is 28.1 Å². The molecule has 0 radical (unpaired) electrons. The second kappa shape index (κ2) is 4.26. The van der Waals surface area contributed by atoms with Gasteiger partial charge in [0, 0.05) is 17.8 Å². The highest BCUT2D eigenvalue weighted by Gasteiger charge is 2.79. The van der Waals surface area contributed by atoms with E-state index in [2.05, 4.69) is 6.08 Å². The molecule has 0 amide bonds. The van der Waals surface area contributed by atoms with Crippen LogP contribution in [-0.2, 0) is 23.8 Å². The minimum Gasteiger partial charge on any atom is -0.457 e. The summed E-state index contributed by atoms with van der Waals surface area (Å²) in [7, 11) is 0. The van der Waals surface area contributed by atoms with Gasteiger partial charge in [-0.3, -0.25) is 9.59 Å². The monoisotopic (exact) mass is 360 g/mol. The summed E-state index contributed by atoms with van der Waals surface area (Å²) in [6, 6.07) is 0. The number of hydrogen-bond acceptors (Lipinski definition) is 6. The molecule has 7 rings (SSSR count). The van der Waals surface area contributed by atoms with Crippen LogP contribution in [-0.4, -0.2) is 48.1 Å². The van der Waals surface area contributed by atoms with Gasteiger partial charge in [-0.05, 0) is 50.7 Å². The van der Waals surface area contributed by atoms with Crippen molar-refractivity contribution in [2.45, 2.75) is 57.5 Å². The van der Waals surface area contributed by atoms with Crippen molar-refractivity contribution in [3.8, 4) is 0 Å². The first-order chi connectivity index (χ1) is 12.3. The molecule has 6 nitrogen and oxygen atoms in total. The van der Waals surface area contributed by atoms with Crippen molar-refractivity contribution in [3.63, 3.8) is 0 Å². The average molecular weight is 360 g/mol. The molecule has 3 aliphatic carbocycles. The normalized spacial score (nSPS) is 59.4. The zero-order chi connectivity index (χ0) is 18.1. The average Bonchev–Trinajstić information content (AvgIpc) is 3.06. The molecule has 4 heterocycles. The van der Waals surface area contributed by atoms with Gasteiger partial charge < -0.3 is 19.3 Å². The van der Waals surface area contributed by atoms with Gasteiger partial charge in [0.05, 0.1) is 18.1 Å². The van der Waals surface area contributed by atoms with Crippen molar-refractivity contribution < 1.29 is 28.9 Å². The number of fused-ring (bicyclic) bond motifs is 5. The highest BCUT2D eigenvalue weighted by molar-refractivity contribution is 5.89. The Morgan fingerprint density at radius 1 is 1.19 bits per heavy atom. The number of rotatable bonds is 0. The first kappa shape index (κ1) is 15.8. The predicted molar refractivity (Wildman–Crippen MR) is 87.7 cm³/mol. The third-order valence-corrected chi connectivity index (χ3v) is 8.86. The lowest BCUT2D eigenvalue weighted by Gasteiger charge is -2.66. The molecular weight excluding hydrogens is 336 g/mol. The van der Waals surface area contributed by atoms with Crippen molar-refractivity contribution in [3.05, 3.63) is 11.6 Å². The Kier molecular flexibility index (Phi) is 2.59. The van der Waals surface area contributed by atoms with E-state index in [1.807, 2.05) is 13.8 Å². The summed E-state index contributed by atoms with van der Waals surface area (Å²) >= 11 is 0. The Bertz CT molecular complexity index is 777. The van der Waals surface area contributed by atoms with Crippen LogP contribution in [0.5, 0.6) is 0 Å². The van der Waals surface area contributed by atoms with Crippen LogP contribution in [0.25, 0.3) is 0 Å². The van der Waals surface area contributed by atoms with E-state index in [0.717, 1.165) is 24.8 Å². The molecule has 4 saturated heterocycles. The van der Waals surface area contributed by atoms with Gasteiger partial charge in [-0.25, -0.2) is 0 Å². The molecule has 26 heavy (non-hydrogen) atoms. The van der Waals surface area contributed by atoms with Gasteiger partial charge >= 0.3 is 5.97 Å². The number of hydrogen-bond donors (Lipinski definition) is 1. The number of Topliss-reactive ketones (excluding diaryl/α,β-unsaturated/α-hetero) is 1. The molecule has 140 valence electrons. The van der Waals surface area contributed by atoms with Crippen molar-refractivity contribution in [1.29, 1.82) is 0 Å². The van der Waals surface area contributed by atoms with Gasteiger partial charge in [0.1, 0.15) is 18.1 Å². The van der Waals surface area contributed by atoms with E-state index < -0.39 is 16.6 Å². The minimum atomic E-state index is -1.43. The largest absolute Gasteiger partial charge is 0.457 e. The molecule has 0 aromatic carbocycles. The smallest absolute Gasteiger partial charge is 0.318 e. The summed E-state index contributed by atoms with van der Waals surface area (Å²) in [5.74, 6) is -1.48. The van der Waals surface area contributed by atoms with E-state index in [0.29, 0.717) is 13.0 Å². The summed E-state index contributed by atoms with van der Waals surface area (Å²) in [6.07, 6.45) is 4.42. The van der Waals surface area contributed by atoms with Crippen LogP contribution in [0.2, 0.25) is 0 Å². The lowest BCUT2D eigenvalue weighted by atomic mass is 9.42. The molecular formula is C20H24O6. The van der Waals surface area contributed by atoms with Crippen LogP contribution < -0.4 is 0 Å². The second-order valence-electron chi connectivity index (χ2n) is 9.65. The van der Waals surface area contributed by atoms with E-state index in [4.69, 9.17) is 14.2 Å². The molecule has 8 atom stereocenters. The zero-order valence-corrected chi connectivity index (χ0v) is 15.1. The number of aliphatic hydroxyl groups is 1. The van der Waals surface area contributed by atoms with Gasteiger partial charge in [-0.2, -0.15) is 0 Å². The fraction of sp³-hybridized carbons (Fsp3) is 0.800. The van der Waals surface area contributed by atoms with Gasteiger partial charge in [0.15, 0.2) is 11.6 Å². The Morgan fingerprint density at radius 3 is 2.73 bits per heavy atom. The molecule has 6 heteroatoms. The predicted octanol–water partition coefficient (Wildman–Crippen LogP) is 1.36. The highest BCUT2D eigenvalue weighted by atomic mass is 16.6. The quantitative estimate of drug-likeness (QED) is 0.519. The Morgan fingerprint density at radius 2 is 2.00 bits per heavy atom.